The number of halogens is 7. The van der Waals surface area contributed by atoms with Crippen LogP contribution in [0.5, 0.6) is 0 Å². The van der Waals surface area contributed by atoms with Gasteiger partial charge < -0.3 is 4.74 Å². The van der Waals surface area contributed by atoms with E-state index >= 15 is 0 Å². The maximum Gasteiger partial charge on any atom is 0.523 e. The third-order valence-electron chi connectivity index (χ3n) is 3.60. The quantitative estimate of drug-likeness (QED) is 0.354. The maximum absolute atomic E-state index is 13.0. The molecular formula is C13H11F7O7S2. The van der Waals surface area contributed by atoms with Crippen LogP contribution in [0, 0.1) is 5.82 Å². The van der Waals surface area contributed by atoms with E-state index in [9.17, 15) is 47.6 Å². The third kappa shape index (κ3) is 5.56. The molecule has 0 amide bonds. The molecule has 1 heterocycles. The first-order chi connectivity index (χ1) is 13.0. The van der Waals surface area contributed by atoms with E-state index in [1.165, 1.54) is 0 Å². The third-order valence-corrected chi connectivity index (χ3v) is 5.68. The zero-order chi connectivity index (χ0) is 22.3. The van der Waals surface area contributed by atoms with Gasteiger partial charge in [0.15, 0.2) is 0 Å². The number of alkyl halides is 6. The van der Waals surface area contributed by atoms with Crippen molar-refractivity contribution in [3.63, 3.8) is 0 Å². The van der Waals surface area contributed by atoms with E-state index in [4.69, 9.17) is 4.74 Å². The van der Waals surface area contributed by atoms with Crippen molar-refractivity contribution in [3.05, 3.63) is 35.6 Å². The molecule has 0 spiro atoms. The van der Waals surface area contributed by atoms with Crippen molar-refractivity contribution in [1.82, 2.24) is 0 Å². The van der Waals surface area contributed by atoms with E-state index < -0.39 is 68.4 Å². The van der Waals surface area contributed by atoms with E-state index in [1.807, 2.05) is 0 Å². The van der Waals surface area contributed by atoms with Gasteiger partial charge in [-0.15, -0.1) is 0 Å². The molecule has 0 saturated carbocycles. The highest BCUT2D eigenvalue weighted by atomic mass is 32.2. The number of hydrogen-bond donors (Lipinski definition) is 0. The summed E-state index contributed by atoms with van der Waals surface area (Å²) < 4.78 is 145. The Balaban J connectivity index is 2.23. The molecule has 7 nitrogen and oxygen atoms in total. The van der Waals surface area contributed by atoms with Crippen molar-refractivity contribution >= 4 is 20.2 Å². The Bertz CT molecular complexity index is 924. The first kappa shape index (κ1) is 23.8. The molecule has 1 aromatic carbocycles. The topological polar surface area (TPSA) is 96.0 Å². The molecule has 2 rings (SSSR count). The van der Waals surface area contributed by atoms with Crippen molar-refractivity contribution in [2.24, 2.45) is 0 Å². The van der Waals surface area contributed by atoms with Crippen LogP contribution in [0.4, 0.5) is 30.7 Å². The predicted octanol–water partition coefficient (Wildman–Crippen LogP) is 2.76. The molecule has 29 heavy (non-hydrogen) atoms. The molecule has 3 atom stereocenters. The minimum Gasteiger partial charge on any atom is -0.365 e. The summed E-state index contributed by atoms with van der Waals surface area (Å²) in [6.07, 6.45) is -5.81. The van der Waals surface area contributed by atoms with E-state index in [0.29, 0.717) is 0 Å². The molecule has 0 N–H and O–H groups in total. The second-order valence-electron chi connectivity index (χ2n) is 5.68. The lowest BCUT2D eigenvalue weighted by atomic mass is 10.0. The highest BCUT2D eigenvalue weighted by Gasteiger charge is 2.52. The molecule has 1 aromatic rings. The van der Waals surface area contributed by atoms with Crippen LogP contribution in [-0.2, 0) is 33.3 Å². The fraction of sp³-hybridized carbons (Fsp3) is 0.538. The molecule has 0 radical (unpaired) electrons. The van der Waals surface area contributed by atoms with E-state index in [2.05, 4.69) is 8.37 Å². The number of benzene rings is 1. The van der Waals surface area contributed by atoms with Crippen molar-refractivity contribution in [3.8, 4) is 0 Å². The summed E-state index contributed by atoms with van der Waals surface area (Å²) in [5, 5.41) is 0. The largest absolute Gasteiger partial charge is 0.523 e. The molecular weight excluding hydrogens is 465 g/mol. The lowest BCUT2D eigenvalue weighted by molar-refractivity contribution is -0.0628. The van der Waals surface area contributed by atoms with Crippen LogP contribution in [0.25, 0.3) is 0 Å². The highest BCUT2D eigenvalue weighted by Crippen LogP contribution is 2.39. The Hall–Kier alpha value is -1.49. The van der Waals surface area contributed by atoms with Crippen LogP contribution in [0.15, 0.2) is 24.3 Å². The Morgan fingerprint density at radius 3 is 1.93 bits per heavy atom. The Labute approximate surface area is 159 Å². The second-order valence-corrected chi connectivity index (χ2v) is 8.86. The molecule has 1 aliphatic rings. The SMILES string of the molecule is O=S(=O)(OC[C@H]1C[C@@H](OS(=O)(=O)C(F)(F)F)[C@@H](c2ccc(F)cc2)O1)C(F)(F)F. The van der Waals surface area contributed by atoms with E-state index in [1.54, 1.807) is 0 Å². The first-order valence-corrected chi connectivity index (χ1v) is 10.2. The van der Waals surface area contributed by atoms with Gasteiger partial charge in [0, 0.05) is 6.42 Å². The first-order valence-electron chi connectivity index (χ1n) is 7.40. The summed E-state index contributed by atoms with van der Waals surface area (Å²) in [7, 11) is -12.1. The normalized spacial score (nSPS) is 24.0. The van der Waals surface area contributed by atoms with Crippen molar-refractivity contribution in [2.45, 2.75) is 35.7 Å². The van der Waals surface area contributed by atoms with Crippen LogP contribution in [-0.4, -0.2) is 46.7 Å². The molecule has 1 saturated heterocycles. The summed E-state index contributed by atoms with van der Waals surface area (Å²) in [6, 6.07) is 3.77. The molecule has 0 bridgehead atoms. The van der Waals surface area contributed by atoms with Gasteiger partial charge in [0.05, 0.1) is 12.7 Å². The molecule has 0 aliphatic carbocycles. The monoisotopic (exact) mass is 476 g/mol. The lowest BCUT2D eigenvalue weighted by Gasteiger charge is -2.19. The number of rotatable bonds is 6. The van der Waals surface area contributed by atoms with Gasteiger partial charge in [-0.05, 0) is 17.7 Å². The number of ether oxygens (including phenoxy) is 1. The van der Waals surface area contributed by atoms with E-state index in [-0.39, 0.29) is 5.56 Å². The zero-order valence-corrected chi connectivity index (χ0v) is 15.4. The van der Waals surface area contributed by atoms with Crippen molar-refractivity contribution in [1.29, 1.82) is 0 Å². The Morgan fingerprint density at radius 2 is 1.45 bits per heavy atom. The van der Waals surface area contributed by atoms with Gasteiger partial charge in [0.2, 0.25) is 0 Å². The molecule has 1 aliphatic heterocycles. The number of hydrogen-bond acceptors (Lipinski definition) is 7. The lowest BCUT2D eigenvalue weighted by Crippen LogP contribution is -2.31. The van der Waals surface area contributed by atoms with Gasteiger partial charge in [-0.25, -0.2) is 4.39 Å². The molecule has 16 heteroatoms. The molecule has 1 fully saturated rings. The fourth-order valence-corrected chi connectivity index (χ4v) is 3.40. The molecule has 166 valence electrons. The van der Waals surface area contributed by atoms with Crippen LogP contribution >= 0.6 is 0 Å². The summed E-state index contributed by atoms with van der Waals surface area (Å²) in [4.78, 5) is 0. The van der Waals surface area contributed by atoms with Gasteiger partial charge in [0.25, 0.3) is 0 Å². The second kappa shape index (κ2) is 7.98. The summed E-state index contributed by atoms with van der Waals surface area (Å²) in [6.45, 7) is -1.27. The summed E-state index contributed by atoms with van der Waals surface area (Å²) >= 11 is 0. The molecule has 0 aromatic heterocycles. The fourth-order valence-electron chi connectivity index (χ4n) is 2.33. The maximum atomic E-state index is 13.0. The molecule has 0 unspecified atom stereocenters. The average molecular weight is 476 g/mol. The minimum absolute atomic E-state index is 0.0602. The smallest absolute Gasteiger partial charge is 0.365 e. The van der Waals surface area contributed by atoms with Crippen LogP contribution in [0.1, 0.15) is 18.1 Å². The van der Waals surface area contributed by atoms with Gasteiger partial charge in [-0.1, -0.05) is 12.1 Å². The zero-order valence-electron chi connectivity index (χ0n) is 13.8. The van der Waals surface area contributed by atoms with Crippen LogP contribution in [0.3, 0.4) is 0 Å². The Morgan fingerprint density at radius 1 is 0.931 bits per heavy atom. The van der Waals surface area contributed by atoms with Crippen LogP contribution < -0.4 is 0 Å². The predicted molar refractivity (Wildman–Crippen MR) is 79.4 cm³/mol. The minimum atomic E-state index is -6.11. The van der Waals surface area contributed by atoms with Gasteiger partial charge in [-0.3, -0.25) is 8.37 Å². The van der Waals surface area contributed by atoms with Gasteiger partial charge in [0.1, 0.15) is 18.0 Å². The van der Waals surface area contributed by atoms with Crippen LogP contribution in [0.2, 0.25) is 0 Å². The Kier molecular flexibility index (Phi) is 6.54. The summed E-state index contributed by atoms with van der Waals surface area (Å²) in [5.41, 5.74) is -11.6. The highest BCUT2D eigenvalue weighted by molar-refractivity contribution is 7.87. The van der Waals surface area contributed by atoms with E-state index in [0.717, 1.165) is 24.3 Å². The van der Waals surface area contributed by atoms with Gasteiger partial charge >= 0.3 is 31.3 Å². The van der Waals surface area contributed by atoms with Gasteiger partial charge in [-0.2, -0.15) is 43.2 Å². The van der Waals surface area contributed by atoms with Crippen molar-refractivity contribution < 1.29 is 60.7 Å². The van der Waals surface area contributed by atoms with Crippen molar-refractivity contribution in [2.75, 3.05) is 6.61 Å². The summed E-state index contributed by atoms with van der Waals surface area (Å²) in [5.74, 6) is -0.747. The average Bonchev–Trinajstić information content (AvgIpc) is 2.94. The standard InChI is InChI=1S/C13H11F7O7S2/c14-8-3-1-7(2-4-8)11-10(27-29(23,24)13(18,19)20)5-9(26-11)6-25-28(21,22)12(15,16)17/h1-4,9-11H,5-6H2/t9-,10-,11-/m1/s1.